The second-order valence-corrected chi connectivity index (χ2v) is 33.6. The van der Waals surface area contributed by atoms with Crippen molar-refractivity contribution in [2.24, 2.45) is 0 Å². The highest BCUT2D eigenvalue weighted by Gasteiger charge is 2.51. The lowest BCUT2D eigenvalue weighted by Gasteiger charge is -2.45. The minimum absolute atomic E-state index is 0.00829. The van der Waals surface area contributed by atoms with E-state index in [2.05, 4.69) is 309 Å². The summed E-state index contributed by atoms with van der Waals surface area (Å²) in [6.07, 6.45) is 2.32. The average Bonchev–Trinajstić information content (AvgIpc) is 1.41. The molecule has 0 atom stereocenters. The fourth-order valence-corrected chi connectivity index (χ4v) is 16.9. The van der Waals surface area contributed by atoms with Crippen LogP contribution in [0.5, 0.6) is 0 Å². The highest BCUT2D eigenvalue weighted by Crippen LogP contribution is 2.59. The van der Waals surface area contributed by atoms with Crippen molar-refractivity contribution in [3.8, 4) is 22.3 Å². The van der Waals surface area contributed by atoms with Gasteiger partial charge in [-0.05, 0) is 203 Å². The molecule has 0 amide bonds. The molecular weight excluding hydrogens is 1100 g/mol. The summed E-state index contributed by atoms with van der Waals surface area (Å²) >= 11 is 2.01. The molecular formula is C83H86BN3OS. The summed E-state index contributed by atoms with van der Waals surface area (Å²) in [6.45, 7) is 42.3. The van der Waals surface area contributed by atoms with Gasteiger partial charge in [0.05, 0.1) is 5.69 Å². The van der Waals surface area contributed by atoms with Crippen molar-refractivity contribution in [2.75, 3.05) is 14.6 Å². The van der Waals surface area contributed by atoms with E-state index >= 15 is 0 Å². The Morgan fingerprint density at radius 2 is 0.955 bits per heavy atom. The largest absolute Gasteiger partial charge is 0.455 e. The number of para-hydroxylation sites is 1. The molecule has 0 unspecified atom stereocenters. The molecule has 2 aliphatic carbocycles. The van der Waals surface area contributed by atoms with Gasteiger partial charge in [0.1, 0.15) is 11.2 Å². The van der Waals surface area contributed by atoms with Crippen LogP contribution in [-0.2, 0) is 37.9 Å². The topological polar surface area (TPSA) is 22.9 Å². The minimum Gasteiger partial charge on any atom is -0.455 e. The van der Waals surface area contributed by atoms with Crippen LogP contribution in [0.15, 0.2) is 174 Å². The lowest BCUT2D eigenvalue weighted by Crippen LogP contribution is -2.60. The molecule has 0 radical (unpaired) electrons. The first-order valence-electron chi connectivity index (χ1n) is 32.6. The Morgan fingerprint density at radius 3 is 1.52 bits per heavy atom. The first-order chi connectivity index (χ1) is 41.9. The molecule has 0 saturated heterocycles. The van der Waals surface area contributed by atoms with E-state index in [1.807, 2.05) is 11.3 Å². The van der Waals surface area contributed by atoms with Crippen molar-refractivity contribution in [3.05, 3.63) is 214 Å². The number of furan rings is 1. The third kappa shape index (κ3) is 8.87. The van der Waals surface area contributed by atoms with Crippen molar-refractivity contribution >= 4 is 106 Å². The summed E-state index contributed by atoms with van der Waals surface area (Å²) in [5, 5.41) is 3.60. The third-order valence-corrected chi connectivity index (χ3v) is 22.3. The van der Waals surface area contributed by atoms with Crippen LogP contribution in [0.3, 0.4) is 0 Å². The van der Waals surface area contributed by atoms with Crippen LogP contribution >= 0.6 is 11.3 Å². The lowest BCUT2D eigenvalue weighted by molar-refractivity contribution is 0.332. The number of hydrogen-bond acceptors (Lipinski definition) is 5. The van der Waals surface area contributed by atoms with E-state index in [0.29, 0.717) is 0 Å². The first kappa shape index (κ1) is 57.6. The molecule has 0 N–H and O–H groups in total. The number of benzene rings is 9. The number of thiophene rings is 1. The van der Waals surface area contributed by atoms with Gasteiger partial charge in [-0.2, -0.15) is 0 Å². The van der Waals surface area contributed by atoms with Gasteiger partial charge in [-0.15, -0.1) is 11.3 Å². The maximum absolute atomic E-state index is 7.42. The normalized spacial score (nSPS) is 16.3. The molecule has 4 aliphatic rings. The molecule has 4 heterocycles. The van der Waals surface area contributed by atoms with Crippen molar-refractivity contribution in [1.82, 2.24) is 0 Å². The molecule has 0 fully saturated rings. The Labute approximate surface area is 533 Å². The van der Waals surface area contributed by atoms with Gasteiger partial charge >= 0.3 is 6.85 Å². The van der Waals surface area contributed by atoms with Gasteiger partial charge in [0.2, 0.25) is 0 Å². The summed E-state index contributed by atoms with van der Waals surface area (Å²) in [5.41, 5.74) is 28.2. The molecule has 0 bridgehead atoms. The zero-order valence-electron chi connectivity index (χ0n) is 55.8. The molecule has 4 nitrogen and oxygen atoms in total. The second kappa shape index (κ2) is 19.1. The van der Waals surface area contributed by atoms with E-state index in [9.17, 15) is 0 Å². The van der Waals surface area contributed by atoms with Crippen LogP contribution in [0.1, 0.15) is 182 Å². The van der Waals surface area contributed by atoms with Crippen LogP contribution in [0.4, 0.5) is 45.5 Å². The summed E-state index contributed by atoms with van der Waals surface area (Å²) in [5.74, 6) is 0. The van der Waals surface area contributed by atoms with Gasteiger partial charge in [-0.1, -0.05) is 197 Å². The van der Waals surface area contributed by atoms with Crippen LogP contribution < -0.4 is 24.9 Å². The highest BCUT2D eigenvalue weighted by molar-refractivity contribution is 7.32. The molecule has 2 aromatic heterocycles. The number of fused-ring (bicyclic) bond motifs is 14. The van der Waals surface area contributed by atoms with Crippen molar-refractivity contribution in [1.29, 1.82) is 0 Å². The summed E-state index contributed by atoms with van der Waals surface area (Å²) in [4.78, 5) is 7.88. The summed E-state index contributed by atoms with van der Waals surface area (Å²) < 4.78 is 10.1. The summed E-state index contributed by atoms with van der Waals surface area (Å²) in [6, 6.07) is 66.6. The van der Waals surface area contributed by atoms with Gasteiger partial charge in [-0.25, -0.2) is 0 Å². The first-order valence-corrected chi connectivity index (χ1v) is 33.5. The van der Waals surface area contributed by atoms with Crippen molar-refractivity contribution in [3.63, 3.8) is 0 Å². The van der Waals surface area contributed by atoms with E-state index in [0.717, 1.165) is 51.8 Å². The van der Waals surface area contributed by atoms with Gasteiger partial charge in [-0.3, -0.25) is 0 Å². The predicted molar refractivity (Wildman–Crippen MR) is 385 cm³/mol. The Balaban J connectivity index is 1.04. The fourth-order valence-electron chi connectivity index (χ4n) is 15.6. The fraction of sp³-hybridized carbons (Fsp3) is 0.325. The van der Waals surface area contributed by atoms with Gasteiger partial charge < -0.3 is 19.0 Å². The predicted octanol–water partition coefficient (Wildman–Crippen LogP) is 22.8. The van der Waals surface area contributed by atoms with Crippen molar-refractivity contribution in [2.45, 2.75) is 175 Å². The Hall–Kier alpha value is -7.80. The maximum Gasteiger partial charge on any atom is 0.343 e. The maximum atomic E-state index is 7.42. The molecule has 2 aliphatic heterocycles. The quantitative estimate of drug-likeness (QED) is 0.160. The van der Waals surface area contributed by atoms with E-state index in [1.54, 1.807) is 0 Å². The van der Waals surface area contributed by atoms with Crippen LogP contribution in [0.25, 0.3) is 54.3 Å². The number of hydrogen-bond donors (Lipinski definition) is 0. The third-order valence-electron chi connectivity index (χ3n) is 21.1. The Kier molecular flexibility index (Phi) is 12.4. The molecule has 0 saturated carbocycles. The van der Waals surface area contributed by atoms with Gasteiger partial charge in [0.25, 0.3) is 0 Å². The number of anilines is 8. The molecule has 448 valence electrons. The van der Waals surface area contributed by atoms with Crippen molar-refractivity contribution < 1.29 is 4.42 Å². The molecule has 6 heteroatoms. The molecule has 11 aromatic rings. The smallest absolute Gasteiger partial charge is 0.343 e. The number of nitrogens with zero attached hydrogens (tertiary/aromatic N) is 3. The zero-order valence-corrected chi connectivity index (χ0v) is 56.6. The highest BCUT2D eigenvalue weighted by atomic mass is 32.1. The van der Waals surface area contributed by atoms with E-state index < -0.39 is 0 Å². The van der Waals surface area contributed by atoms with E-state index in [1.165, 1.54) is 116 Å². The van der Waals surface area contributed by atoms with E-state index in [4.69, 9.17) is 4.42 Å². The van der Waals surface area contributed by atoms with Gasteiger partial charge in [0.15, 0.2) is 0 Å². The van der Waals surface area contributed by atoms with Gasteiger partial charge in [0, 0.05) is 82.0 Å². The Bertz CT molecular complexity index is 4660. The Morgan fingerprint density at radius 1 is 0.449 bits per heavy atom. The average molecular weight is 1180 g/mol. The SMILES string of the molecule is CC(C)(C)c1ccc(N2B3c4sc5cc6c(cc5c4N(c4ccc(C(C)(C)C)cc4)c4cc5c(oc7ccccc75)c(c43)-c3cc4c(cc32)C(C)(C)c2ccc(N(c3ccc(C(C)(C)C)cc3)c3ccc(C(C)(C)C)cc3)cc2-4)C(C)(C)CCC6(C)C)cc1. The molecule has 89 heavy (non-hydrogen) atoms. The minimum atomic E-state index is -0.325. The van der Waals surface area contributed by atoms with Crippen LogP contribution in [0, 0.1) is 0 Å². The monoisotopic (exact) mass is 1180 g/mol. The standard InChI is InChI=1S/C83H86BN3OS/c1-77(2,3)49-23-31-53(32-24-49)85(54-33-25-50(26-34-54)78(4,5)6)57-39-40-64-59(43-57)60-44-62-68(47-65(60)83(64,17)18)87(56-37-29-52(30-38-56)80(10,11)12)84-73-69(46-61-58-21-19-20-22-70(58)88-75(61)72(62)73)86(55-35-27-51(28-36-55)79(7,8)9)74-63-45-66-67(48-71(63)89-76(74)84)82(15,16)42-41-81(66,13)14/h19-40,43-48H,41-42H2,1-18H3. The molecule has 9 aromatic carbocycles. The summed E-state index contributed by atoms with van der Waals surface area (Å²) in [7, 11) is 0. The second-order valence-electron chi connectivity index (χ2n) is 32.5. The number of rotatable bonds is 5. The molecule has 15 rings (SSSR count). The molecule has 0 spiro atoms. The van der Waals surface area contributed by atoms with Crippen LogP contribution in [-0.4, -0.2) is 6.85 Å². The lowest BCUT2D eigenvalue weighted by atomic mass is 9.46. The van der Waals surface area contributed by atoms with Crippen LogP contribution in [0.2, 0.25) is 0 Å². The van der Waals surface area contributed by atoms with E-state index in [-0.39, 0.29) is 44.8 Å². The zero-order chi connectivity index (χ0) is 62.6.